The minimum Gasteiger partial charge on any atom is -0.438 e. The number of piperazine rings is 1. The van der Waals surface area contributed by atoms with Gasteiger partial charge in [0.2, 0.25) is 0 Å². The van der Waals surface area contributed by atoms with Crippen LogP contribution in [0.2, 0.25) is 5.02 Å². The third-order valence-corrected chi connectivity index (χ3v) is 4.23. The van der Waals surface area contributed by atoms with E-state index in [-0.39, 0.29) is 18.9 Å². The van der Waals surface area contributed by atoms with E-state index in [1.807, 2.05) is 0 Å². The van der Waals surface area contributed by atoms with Crippen molar-refractivity contribution in [3.8, 4) is 0 Å². The van der Waals surface area contributed by atoms with Crippen LogP contribution >= 0.6 is 11.6 Å². The summed E-state index contributed by atoms with van der Waals surface area (Å²) in [6, 6.07) is 4.24. The van der Waals surface area contributed by atoms with E-state index in [0.717, 1.165) is 0 Å². The van der Waals surface area contributed by atoms with Gasteiger partial charge in [0.1, 0.15) is 0 Å². The van der Waals surface area contributed by atoms with Gasteiger partial charge in [0.05, 0.1) is 16.6 Å². The first kappa shape index (κ1) is 16.1. The number of halogens is 4. The van der Waals surface area contributed by atoms with Gasteiger partial charge in [0, 0.05) is 13.1 Å². The smallest absolute Gasteiger partial charge is 0.438 e. The molecule has 0 spiro atoms. The molecule has 2 heterocycles. The lowest BCUT2D eigenvalue weighted by Gasteiger charge is -2.44. The molecule has 0 saturated carbocycles. The molecule has 1 aromatic rings. The molecule has 2 aliphatic rings. The minimum atomic E-state index is -5.08. The number of hydrogen-bond acceptors (Lipinski definition) is 4. The summed E-state index contributed by atoms with van der Waals surface area (Å²) in [4.78, 5) is 25.0. The lowest BCUT2D eigenvalue weighted by molar-refractivity contribution is -0.210. The predicted octanol–water partition coefficient (Wildman–Crippen LogP) is 1.74. The van der Waals surface area contributed by atoms with E-state index in [1.54, 1.807) is 18.2 Å². The summed E-state index contributed by atoms with van der Waals surface area (Å²) in [7, 11) is 0. The molecule has 0 bridgehead atoms. The van der Waals surface area contributed by atoms with Crippen LogP contribution in [-0.2, 0) is 16.0 Å². The van der Waals surface area contributed by atoms with Gasteiger partial charge in [-0.15, -0.1) is 0 Å². The van der Waals surface area contributed by atoms with Gasteiger partial charge in [-0.2, -0.15) is 13.2 Å². The molecular formula is C14H12ClF3N2O3. The maximum atomic E-state index is 12.6. The van der Waals surface area contributed by atoms with Crippen LogP contribution in [0.15, 0.2) is 18.2 Å². The molecular weight excluding hydrogens is 337 g/mol. The van der Waals surface area contributed by atoms with Crippen LogP contribution in [0.4, 0.5) is 13.2 Å². The lowest BCUT2D eigenvalue weighted by Crippen LogP contribution is -2.63. The summed E-state index contributed by atoms with van der Waals surface area (Å²) in [5, 5.41) is 3.02. The quantitative estimate of drug-likeness (QED) is 0.785. The Hall–Kier alpha value is -1.80. The molecule has 0 aromatic heterocycles. The Balaban J connectivity index is 1.88. The van der Waals surface area contributed by atoms with Crippen LogP contribution in [0.25, 0.3) is 0 Å². The Bertz CT molecular complexity index is 665. The van der Waals surface area contributed by atoms with Gasteiger partial charge in [0.15, 0.2) is 6.23 Å². The molecule has 3 rings (SSSR count). The Morgan fingerprint density at radius 2 is 2.13 bits per heavy atom. The average molecular weight is 349 g/mol. The van der Waals surface area contributed by atoms with Crippen LogP contribution in [0.3, 0.4) is 0 Å². The van der Waals surface area contributed by atoms with Crippen molar-refractivity contribution in [3.63, 3.8) is 0 Å². The molecule has 1 fully saturated rings. The molecule has 1 aromatic carbocycles. The zero-order chi connectivity index (χ0) is 16.8. The number of fused-ring (bicyclic) bond motifs is 2. The molecule has 2 atom stereocenters. The molecule has 5 nitrogen and oxygen atoms in total. The Morgan fingerprint density at radius 3 is 2.83 bits per heavy atom. The number of ether oxygens (including phenoxy) is 1. The van der Waals surface area contributed by atoms with Crippen LogP contribution in [0.5, 0.6) is 0 Å². The molecule has 0 radical (unpaired) electrons. The molecule has 1 unspecified atom stereocenters. The van der Waals surface area contributed by atoms with Crippen molar-refractivity contribution < 1.29 is 27.5 Å². The SMILES string of the molecule is O=C1c2c(Cl)cccc2C[C@@H]2C(OC(=O)C(F)(F)F)NCCN12. The van der Waals surface area contributed by atoms with E-state index in [4.69, 9.17) is 11.6 Å². The van der Waals surface area contributed by atoms with E-state index >= 15 is 0 Å². The summed E-state index contributed by atoms with van der Waals surface area (Å²) in [5.41, 5.74) is 0.980. The number of benzene rings is 1. The highest BCUT2D eigenvalue weighted by molar-refractivity contribution is 6.34. The largest absolute Gasteiger partial charge is 0.490 e. The van der Waals surface area contributed by atoms with Crippen LogP contribution in [-0.4, -0.2) is 48.3 Å². The summed E-state index contributed by atoms with van der Waals surface area (Å²) in [6.07, 6.45) is -6.04. The second kappa shape index (κ2) is 5.68. The fourth-order valence-corrected chi connectivity index (χ4v) is 3.19. The highest BCUT2D eigenvalue weighted by Crippen LogP contribution is 2.32. The molecule has 1 amide bonds. The molecule has 9 heteroatoms. The number of amides is 1. The fraction of sp³-hybridized carbons (Fsp3) is 0.429. The molecule has 23 heavy (non-hydrogen) atoms. The Labute approximate surface area is 134 Å². The summed E-state index contributed by atoms with van der Waals surface area (Å²) < 4.78 is 41.7. The van der Waals surface area contributed by atoms with Crippen molar-refractivity contribution in [2.75, 3.05) is 13.1 Å². The molecule has 1 N–H and O–H groups in total. The van der Waals surface area contributed by atoms with Crippen LogP contribution in [0.1, 0.15) is 15.9 Å². The van der Waals surface area contributed by atoms with Gasteiger partial charge in [0.25, 0.3) is 5.91 Å². The van der Waals surface area contributed by atoms with Gasteiger partial charge in [-0.25, -0.2) is 4.79 Å². The number of nitrogens with one attached hydrogen (secondary N) is 1. The molecule has 2 aliphatic heterocycles. The van der Waals surface area contributed by atoms with Gasteiger partial charge in [-0.3, -0.25) is 10.1 Å². The summed E-state index contributed by atoms with van der Waals surface area (Å²) >= 11 is 6.05. The second-order valence-corrected chi connectivity index (χ2v) is 5.73. The highest BCUT2D eigenvalue weighted by atomic mass is 35.5. The third-order valence-electron chi connectivity index (χ3n) is 3.92. The van der Waals surface area contributed by atoms with Gasteiger partial charge in [-0.05, 0) is 18.1 Å². The number of rotatable bonds is 1. The average Bonchev–Trinajstić information content (AvgIpc) is 2.47. The second-order valence-electron chi connectivity index (χ2n) is 5.32. The number of carbonyl (C=O) groups is 2. The standard InChI is InChI=1S/C14H12ClF3N2O3/c15-8-3-1-2-7-6-9-11(23-13(22)14(16,17)18)19-4-5-20(9)12(21)10(7)8/h1-3,9,11,19H,4-6H2/t9-,11?/m1/s1. The first-order chi connectivity index (χ1) is 10.8. The first-order valence-electron chi connectivity index (χ1n) is 6.88. The summed E-state index contributed by atoms with van der Waals surface area (Å²) in [5.74, 6) is -2.64. The van der Waals surface area contributed by atoms with E-state index in [1.165, 1.54) is 4.90 Å². The monoisotopic (exact) mass is 348 g/mol. The van der Waals surface area contributed by atoms with Crippen molar-refractivity contribution in [2.45, 2.75) is 24.9 Å². The zero-order valence-electron chi connectivity index (χ0n) is 11.7. The minimum absolute atomic E-state index is 0.220. The molecule has 0 aliphatic carbocycles. The van der Waals surface area contributed by atoms with Crippen molar-refractivity contribution in [2.24, 2.45) is 0 Å². The number of esters is 1. The zero-order valence-corrected chi connectivity index (χ0v) is 12.4. The number of nitrogens with zero attached hydrogens (tertiary/aromatic N) is 1. The van der Waals surface area contributed by atoms with Gasteiger partial charge < -0.3 is 9.64 Å². The normalized spacial score (nSPS) is 24.0. The number of alkyl halides is 3. The van der Waals surface area contributed by atoms with Crippen LogP contribution in [0, 0.1) is 0 Å². The molecule has 124 valence electrons. The van der Waals surface area contributed by atoms with E-state index in [9.17, 15) is 22.8 Å². The fourth-order valence-electron chi connectivity index (χ4n) is 2.91. The number of carbonyl (C=O) groups excluding carboxylic acids is 2. The predicted molar refractivity (Wildman–Crippen MR) is 73.9 cm³/mol. The Kier molecular flexibility index (Phi) is 3.97. The maximum absolute atomic E-state index is 12.6. The van der Waals surface area contributed by atoms with E-state index in [0.29, 0.717) is 22.7 Å². The van der Waals surface area contributed by atoms with E-state index in [2.05, 4.69) is 10.1 Å². The highest BCUT2D eigenvalue weighted by Gasteiger charge is 2.47. The topological polar surface area (TPSA) is 58.6 Å². The molecule has 1 saturated heterocycles. The lowest BCUT2D eigenvalue weighted by atomic mass is 9.91. The van der Waals surface area contributed by atoms with Crippen LogP contribution < -0.4 is 5.32 Å². The summed E-state index contributed by atoms with van der Waals surface area (Å²) in [6.45, 7) is 0.520. The number of hydrogen-bond donors (Lipinski definition) is 1. The third kappa shape index (κ3) is 2.88. The van der Waals surface area contributed by atoms with Crippen molar-refractivity contribution in [1.29, 1.82) is 0 Å². The van der Waals surface area contributed by atoms with Crippen molar-refractivity contribution in [3.05, 3.63) is 34.3 Å². The first-order valence-corrected chi connectivity index (χ1v) is 7.26. The maximum Gasteiger partial charge on any atom is 0.490 e. The Morgan fingerprint density at radius 1 is 1.39 bits per heavy atom. The van der Waals surface area contributed by atoms with Gasteiger partial charge >= 0.3 is 12.1 Å². The van der Waals surface area contributed by atoms with Crippen molar-refractivity contribution in [1.82, 2.24) is 10.2 Å². The van der Waals surface area contributed by atoms with Crippen molar-refractivity contribution >= 4 is 23.5 Å². The van der Waals surface area contributed by atoms with E-state index < -0.39 is 24.4 Å². The van der Waals surface area contributed by atoms with Gasteiger partial charge in [-0.1, -0.05) is 23.7 Å².